The molecule has 0 amide bonds. The molecule has 0 bridgehead atoms. The van der Waals surface area contributed by atoms with Crippen LogP contribution in [0.15, 0.2) is 34.9 Å². The van der Waals surface area contributed by atoms with E-state index in [1.54, 1.807) is 19.1 Å². The Labute approximate surface area is 97.2 Å². The number of halogens is 2. The lowest BCUT2D eigenvalue weighted by atomic mass is 10.0. The van der Waals surface area contributed by atoms with Crippen molar-refractivity contribution in [3.63, 3.8) is 0 Å². The second-order valence-electron chi connectivity index (χ2n) is 3.71. The Morgan fingerprint density at radius 3 is 2.65 bits per heavy atom. The number of hydrogen-bond donors (Lipinski definition) is 2. The number of rotatable bonds is 3. The standard InChI is InChI=1S/C12H12F2N2O/c1-7-4-5-8(13)10(11(7)14)12(16-15)9-3-2-6-17-9/h2-6,12,16H,15H2,1H3. The Kier molecular flexibility index (Phi) is 3.21. The molecule has 2 aromatic rings. The SMILES string of the molecule is Cc1ccc(F)c(C(NN)c2ccco2)c1F. The summed E-state index contributed by atoms with van der Waals surface area (Å²) in [6.45, 7) is 1.56. The molecule has 3 nitrogen and oxygen atoms in total. The molecule has 0 aliphatic carbocycles. The zero-order chi connectivity index (χ0) is 12.4. The third-order valence-corrected chi connectivity index (χ3v) is 2.60. The van der Waals surface area contributed by atoms with E-state index < -0.39 is 17.7 Å². The van der Waals surface area contributed by atoms with Crippen LogP contribution in [0.4, 0.5) is 8.78 Å². The van der Waals surface area contributed by atoms with Gasteiger partial charge in [0.05, 0.1) is 6.26 Å². The van der Waals surface area contributed by atoms with Gasteiger partial charge in [-0.1, -0.05) is 6.07 Å². The van der Waals surface area contributed by atoms with Crippen LogP contribution in [-0.2, 0) is 0 Å². The van der Waals surface area contributed by atoms with Crippen molar-refractivity contribution in [2.45, 2.75) is 13.0 Å². The summed E-state index contributed by atoms with van der Waals surface area (Å²) < 4.78 is 32.7. The molecule has 90 valence electrons. The average molecular weight is 238 g/mol. The summed E-state index contributed by atoms with van der Waals surface area (Å²) in [6.07, 6.45) is 1.42. The summed E-state index contributed by atoms with van der Waals surface area (Å²) in [5, 5.41) is 0. The summed E-state index contributed by atoms with van der Waals surface area (Å²) in [4.78, 5) is 0. The number of nitrogens with two attached hydrogens (primary N) is 1. The predicted octanol–water partition coefficient (Wildman–Crippen LogP) is 2.42. The summed E-state index contributed by atoms with van der Waals surface area (Å²) in [6, 6.07) is 4.98. The fraction of sp³-hybridized carbons (Fsp3) is 0.167. The van der Waals surface area contributed by atoms with Crippen molar-refractivity contribution in [1.29, 1.82) is 0 Å². The van der Waals surface area contributed by atoms with Crippen molar-refractivity contribution in [3.8, 4) is 0 Å². The lowest BCUT2D eigenvalue weighted by Crippen LogP contribution is -2.30. The van der Waals surface area contributed by atoms with Crippen molar-refractivity contribution in [1.82, 2.24) is 5.43 Å². The van der Waals surface area contributed by atoms with Crippen LogP contribution in [0.1, 0.15) is 22.9 Å². The molecule has 2 rings (SSSR count). The predicted molar refractivity (Wildman–Crippen MR) is 59.0 cm³/mol. The van der Waals surface area contributed by atoms with Crippen LogP contribution in [0.3, 0.4) is 0 Å². The van der Waals surface area contributed by atoms with Gasteiger partial charge in [-0.25, -0.2) is 14.2 Å². The van der Waals surface area contributed by atoms with Gasteiger partial charge in [-0.15, -0.1) is 0 Å². The van der Waals surface area contributed by atoms with E-state index in [1.807, 2.05) is 0 Å². The van der Waals surface area contributed by atoms with Crippen molar-refractivity contribution < 1.29 is 13.2 Å². The molecule has 0 aliphatic heterocycles. The number of aryl methyl sites for hydroxylation is 1. The van der Waals surface area contributed by atoms with Crippen LogP contribution in [0.2, 0.25) is 0 Å². The van der Waals surface area contributed by atoms with Gasteiger partial charge < -0.3 is 4.42 Å². The minimum Gasteiger partial charge on any atom is -0.467 e. The molecule has 17 heavy (non-hydrogen) atoms. The second-order valence-corrected chi connectivity index (χ2v) is 3.71. The molecule has 3 N–H and O–H groups in total. The largest absolute Gasteiger partial charge is 0.467 e. The summed E-state index contributed by atoms with van der Waals surface area (Å²) in [5.74, 6) is 4.42. The second kappa shape index (κ2) is 4.65. The van der Waals surface area contributed by atoms with Gasteiger partial charge >= 0.3 is 0 Å². The maximum absolute atomic E-state index is 13.9. The van der Waals surface area contributed by atoms with Gasteiger partial charge in [-0.05, 0) is 30.7 Å². The van der Waals surface area contributed by atoms with Crippen LogP contribution in [0, 0.1) is 18.6 Å². The van der Waals surface area contributed by atoms with E-state index in [2.05, 4.69) is 5.43 Å². The maximum atomic E-state index is 13.9. The van der Waals surface area contributed by atoms with Crippen LogP contribution in [-0.4, -0.2) is 0 Å². The monoisotopic (exact) mass is 238 g/mol. The van der Waals surface area contributed by atoms with E-state index in [1.165, 1.54) is 18.4 Å². The Bertz CT molecular complexity index is 511. The van der Waals surface area contributed by atoms with Gasteiger partial charge in [0, 0.05) is 5.56 Å². The van der Waals surface area contributed by atoms with Gasteiger partial charge in [0.25, 0.3) is 0 Å². The highest BCUT2D eigenvalue weighted by atomic mass is 19.1. The van der Waals surface area contributed by atoms with Crippen molar-refractivity contribution in [2.24, 2.45) is 5.84 Å². The number of hydrazine groups is 1. The molecule has 1 atom stereocenters. The molecule has 0 saturated heterocycles. The lowest BCUT2D eigenvalue weighted by molar-refractivity contribution is 0.426. The molecule has 1 heterocycles. The van der Waals surface area contributed by atoms with Crippen LogP contribution in [0.5, 0.6) is 0 Å². The Hall–Kier alpha value is -1.72. The van der Waals surface area contributed by atoms with Crippen LogP contribution >= 0.6 is 0 Å². The fourth-order valence-corrected chi connectivity index (χ4v) is 1.71. The Morgan fingerprint density at radius 2 is 2.06 bits per heavy atom. The number of hydrogen-bond acceptors (Lipinski definition) is 3. The maximum Gasteiger partial charge on any atom is 0.134 e. The highest BCUT2D eigenvalue weighted by molar-refractivity contribution is 5.33. The third-order valence-electron chi connectivity index (χ3n) is 2.60. The molecule has 1 aromatic carbocycles. The number of nitrogens with one attached hydrogen (secondary N) is 1. The van der Waals surface area contributed by atoms with E-state index in [0.717, 1.165) is 0 Å². The number of benzene rings is 1. The minimum atomic E-state index is -0.843. The van der Waals surface area contributed by atoms with Gasteiger partial charge in [0.15, 0.2) is 0 Å². The topological polar surface area (TPSA) is 51.2 Å². The lowest BCUT2D eigenvalue weighted by Gasteiger charge is -2.16. The zero-order valence-electron chi connectivity index (χ0n) is 9.21. The fourth-order valence-electron chi connectivity index (χ4n) is 1.71. The van der Waals surface area contributed by atoms with Crippen LogP contribution < -0.4 is 11.3 Å². The smallest absolute Gasteiger partial charge is 0.134 e. The molecule has 5 heteroatoms. The van der Waals surface area contributed by atoms with E-state index in [9.17, 15) is 8.78 Å². The van der Waals surface area contributed by atoms with Crippen LogP contribution in [0.25, 0.3) is 0 Å². The van der Waals surface area contributed by atoms with E-state index in [0.29, 0.717) is 11.3 Å². The molecule has 0 aliphatic rings. The highest BCUT2D eigenvalue weighted by Crippen LogP contribution is 2.28. The van der Waals surface area contributed by atoms with Crippen molar-refractivity contribution in [2.75, 3.05) is 0 Å². The molecule has 0 saturated carbocycles. The molecule has 1 unspecified atom stereocenters. The summed E-state index contributed by atoms with van der Waals surface area (Å²) in [7, 11) is 0. The summed E-state index contributed by atoms with van der Waals surface area (Å²) in [5.41, 5.74) is 2.57. The third kappa shape index (κ3) is 2.07. The normalized spacial score (nSPS) is 12.7. The van der Waals surface area contributed by atoms with Gasteiger partial charge in [-0.3, -0.25) is 5.84 Å². The Morgan fingerprint density at radius 1 is 1.29 bits per heavy atom. The van der Waals surface area contributed by atoms with Gasteiger partial charge in [0.1, 0.15) is 23.4 Å². The first-order valence-corrected chi connectivity index (χ1v) is 5.09. The molecule has 0 radical (unpaired) electrons. The van der Waals surface area contributed by atoms with E-state index in [4.69, 9.17) is 10.3 Å². The molecule has 0 fully saturated rings. The van der Waals surface area contributed by atoms with Crippen molar-refractivity contribution in [3.05, 3.63) is 59.1 Å². The Balaban J connectivity index is 2.55. The van der Waals surface area contributed by atoms with Crippen molar-refractivity contribution >= 4 is 0 Å². The first-order chi connectivity index (χ1) is 8.15. The molecule has 1 aromatic heterocycles. The first-order valence-electron chi connectivity index (χ1n) is 5.09. The van der Waals surface area contributed by atoms with Gasteiger partial charge in [0.2, 0.25) is 0 Å². The van der Waals surface area contributed by atoms with E-state index >= 15 is 0 Å². The van der Waals surface area contributed by atoms with Gasteiger partial charge in [-0.2, -0.15) is 0 Å². The minimum absolute atomic E-state index is 0.137. The molecular formula is C12H12F2N2O. The first kappa shape index (κ1) is 11.8. The highest BCUT2D eigenvalue weighted by Gasteiger charge is 2.24. The number of furan rings is 1. The molecule has 0 spiro atoms. The zero-order valence-corrected chi connectivity index (χ0v) is 9.21. The molecular weight excluding hydrogens is 226 g/mol. The van der Waals surface area contributed by atoms with E-state index in [-0.39, 0.29) is 5.56 Å². The average Bonchev–Trinajstić information content (AvgIpc) is 2.83. The summed E-state index contributed by atoms with van der Waals surface area (Å²) >= 11 is 0. The quantitative estimate of drug-likeness (QED) is 0.637.